The van der Waals surface area contributed by atoms with E-state index in [1.54, 1.807) is 18.2 Å². The van der Waals surface area contributed by atoms with Gasteiger partial charge in [-0.05, 0) is 102 Å². The van der Waals surface area contributed by atoms with Gasteiger partial charge in [0.25, 0.3) is 0 Å². The Morgan fingerprint density at radius 1 is 1.09 bits per heavy atom. The van der Waals surface area contributed by atoms with Crippen LogP contribution < -0.4 is 4.74 Å². The Morgan fingerprint density at radius 2 is 1.97 bits per heavy atom. The zero-order valence-electron chi connectivity index (χ0n) is 19.2. The van der Waals surface area contributed by atoms with Crippen LogP contribution >= 0.6 is 11.3 Å². The van der Waals surface area contributed by atoms with Crippen LogP contribution in [0.15, 0.2) is 48.5 Å². The van der Waals surface area contributed by atoms with Gasteiger partial charge in [0.2, 0.25) is 0 Å². The Bertz CT molecular complexity index is 1490. The lowest BCUT2D eigenvalue weighted by Gasteiger charge is -2.49. The SMILES string of the molecule is COc1ccc2c(c1)CC[C@@H]1[C@@H]2CC[C@]2(C)c3c(cc(C#N)c4c3sc3ccccc34)C[C@@H]12. The van der Waals surface area contributed by atoms with Gasteiger partial charge in [-0.3, -0.25) is 0 Å². The van der Waals surface area contributed by atoms with Gasteiger partial charge in [0.15, 0.2) is 0 Å². The molecule has 2 nitrogen and oxygen atoms in total. The molecule has 1 aromatic heterocycles. The van der Waals surface area contributed by atoms with E-state index in [1.165, 1.54) is 50.6 Å². The van der Waals surface area contributed by atoms with Crippen LogP contribution in [0, 0.1) is 23.2 Å². The number of thiophene rings is 1. The second-order valence-corrected chi connectivity index (χ2v) is 11.6. The Morgan fingerprint density at radius 3 is 2.82 bits per heavy atom. The van der Waals surface area contributed by atoms with Crippen molar-refractivity contribution in [3.05, 3.63) is 76.3 Å². The zero-order chi connectivity index (χ0) is 22.3. The van der Waals surface area contributed by atoms with Crippen LogP contribution in [0.2, 0.25) is 0 Å². The maximum absolute atomic E-state index is 10.1. The monoisotopic (exact) mass is 449 g/mol. The summed E-state index contributed by atoms with van der Waals surface area (Å²) in [6.45, 7) is 2.54. The van der Waals surface area contributed by atoms with Gasteiger partial charge in [-0.15, -0.1) is 11.3 Å². The van der Waals surface area contributed by atoms with Crippen LogP contribution in [-0.4, -0.2) is 7.11 Å². The molecule has 0 amide bonds. The first-order chi connectivity index (χ1) is 16.1. The number of nitrogens with zero attached hydrogens (tertiary/aromatic N) is 1. The highest BCUT2D eigenvalue weighted by Gasteiger charge is 2.53. The van der Waals surface area contributed by atoms with Crippen molar-refractivity contribution in [2.75, 3.05) is 7.11 Å². The van der Waals surface area contributed by atoms with Crippen molar-refractivity contribution >= 4 is 31.5 Å². The van der Waals surface area contributed by atoms with E-state index in [1.807, 2.05) is 11.3 Å². The summed E-state index contributed by atoms with van der Waals surface area (Å²) in [6, 6.07) is 20.2. The fourth-order valence-electron chi connectivity index (χ4n) is 7.76. The number of nitriles is 1. The standard InChI is InChI=1S/C30H27NOS/c1-30-12-11-22-21-10-8-20(32-2)14-17(21)7-9-23(22)25(30)15-18-13-19(16-31)27-24-5-3-4-6-26(24)33-29(27)28(18)30/h3-6,8,10,13-14,22-23,25H,7,9,11-12,15H2,1-2H3/t22-,23-,25+,30+/m1/s1. The molecule has 3 aliphatic carbocycles. The van der Waals surface area contributed by atoms with Gasteiger partial charge in [0.1, 0.15) is 5.75 Å². The van der Waals surface area contributed by atoms with Crippen molar-refractivity contribution in [1.29, 1.82) is 5.26 Å². The minimum absolute atomic E-state index is 0.202. The molecule has 0 aliphatic heterocycles. The highest BCUT2D eigenvalue weighted by Crippen LogP contribution is 2.62. The van der Waals surface area contributed by atoms with Crippen molar-refractivity contribution in [3.63, 3.8) is 0 Å². The number of hydrogen-bond donors (Lipinski definition) is 0. The summed E-state index contributed by atoms with van der Waals surface area (Å²) in [5.41, 5.74) is 7.14. The molecule has 3 aromatic carbocycles. The van der Waals surface area contributed by atoms with Gasteiger partial charge in [-0.2, -0.15) is 5.26 Å². The average molecular weight is 450 g/mol. The summed E-state index contributed by atoms with van der Waals surface area (Å²) in [4.78, 5) is 0. The smallest absolute Gasteiger partial charge is 0.119 e. The highest BCUT2D eigenvalue weighted by molar-refractivity contribution is 7.26. The van der Waals surface area contributed by atoms with Crippen molar-refractivity contribution in [3.8, 4) is 11.8 Å². The van der Waals surface area contributed by atoms with Crippen molar-refractivity contribution in [2.24, 2.45) is 11.8 Å². The molecule has 4 aromatic rings. The lowest BCUT2D eigenvalue weighted by atomic mass is 9.55. The molecular formula is C30H27NOS. The van der Waals surface area contributed by atoms with E-state index in [-0.39, 0.29) is 5.41 Å². The molecule has 3 aliphatic rings. The Hall–Kier alpha value is -2.83. The quantitative estimate of drug-likeness (QED) is 0.301. The zero-order valence-corrected chi connectivity index (χ0v) is 20.0. The van der Waals surface area contributed by atoms with E-state index in [2.05, 4.69) is 61.5 Å². The molecule has 7 rings (SSSR count). The molecule has 4 atom stereocenters. The summed E-state index contributed by atoms with van der Waals surface area (Å²) < 4.78 is 8.19. The van der Waals surface area contributed by atoms with Crippen LogP contribution in [-0.2, 0) is 18.3 Å². The van der Waals surface area contributed by atoms with E-state index >= 15 is 0 Å². The minimum atomic E-state index is 0.202. The number of methoxy groups -OCH3 is 1. The molecule has 0 saturated heterocycles. The van der Waals surface area contributed by atoms with Crippen molar-refractivity contribution in [1.82, 2.24) is 0 Å². The molecule has 0 N–H and O–H groups in total. The number of benzene rings is 3. The minimum Gasteiger partial charge on any atom is -0.497 e. The molecule has 0 radical (unpaired) electrons. The van der Waals surface area contributed by atoms with E-state index < -0.39 is 0 Å². The molecule has 1 heterocycles. The summed E-state index contributed by atoms with van der Waals surface area (Å²) >= 11 is 1.91. The molecule has 0 bridgehead atoms. The number of aryl methyl sites for hydroxylation is 1. The summed E-state index contributed by atoms with van der Waals surface area (Å²) in [5.74, 6) is 3.01. The van der Waals surface area contributed by atoms with Crippen LogP contribution in [0.25, 0.3) is 20.2 Å². The van der Waals surface area contributed by atoms with Gasteiger partial charge in [0, 0.05) is 20.2 Å². The largest absolute Gasteiger partial charge is 0.497 e. The first kappa shape index (κ1) is 19.6. The lowest BCUT2D eigenvalue weighted by molar-refractivity contribution is 0.107. The van der Waals surface area contributed by atoms with Gasteiger partial charge in [-0.1, -0.05) is 31.2 Å². The van der Waals surface area contributed by atoms with Crippen LogP contribution in [0.4, 0.5) is 0 Å². The third-order valence-corrected chi connectivity index (χ3v) is 10.4. The topological polar surface area (TPSA) is 33.0 Å². The van der Waals surface area contributed by atoms with Gasteiger partial charge in [-0.25, -0.2) is 0 Å². The van der Waals surface area contributed by atoms with Crippen LogP contribution in [0.5, 0.6) is 5.75 Å². The van der Waals surface area contributed by atoms with Gasteiger partial charge < -0.3 is 4.74 Å². The van der Waals surface area contributed by atoms with E-state index in [9.17, 15) is 5.26 Å². The maximum Gasteiger partial charge on any atom is 0.119 e. The summed E-state index contributed by atoms with van der Waals surface area (Å²) in [7, 11) is 1.76. The Kier molecular flexibility index (Phi) is 4.07. The van der Waals surface area contributed by atoms with Crippen molar-refractivity contribution in [2.45, 2.75) is 50.4 Å². The first-order valence-corrected chi connectivity index (χ1v) is 13.0. The predicted octanol–water partition coefficient (Wildman–Crippen LogP) is 7.50. The fourth-order valence-corrected chi connectivity index (χ4v) is 9.19. The molecule has 0 unspecified atom stereocenters. The predicted molar refractivity (Wildman–Crippen MR) is 135 cm³/mol. The van der Waals surface area contributed by atoms with E-state index in [0.717, 1.165) is 24.2 Å². The normalized spacial score (nSPS) is 27.5. The molecule has 3 heteroatoms. The highest BCUT2D eigenvalue weighted by atomic mass is 32.1. The number of fused-ring (bicyclic) bond motifs is 11. The fraction of sp³-hybridized carbons (Fsp3) is 0.367. The molecule has 1 saturated carbocycles. The number of hydrogen-bond acceptors (Lipinski definition) is 3. The Balaban J connectivity index is 1.39. The van der Waals surface area contributed by atoms with Crippen molar-refractivity contribution < 1.29 is 4.74 Å². The number of rotatable bonds is 1. The summed E-state index contributed by atoms with van der Waals surface area (Å²) in [6.07, 6.45) is 6.02. The van der Waals surface area contributed by atoms with Gasteiger partial charge in [0.05, 0.1) is 18.7 Å². The lowest BCUT2D eigenvalue weighted by Crippen LogP contribution is -2.43. The second-order valence-electron chi connectivity index (χ2n) is 10.5. The summed E-state index contributed by atoms with van der Waals surface area (Å²) in [5, 5.41) is 12.5. The second kappa shape index (κ2) is 6.84. The average Bonchev–Trinajstić information content (AvgIpc) is 3.37. The molecule has 1 fully saturated rings. The van der Waals surface area contributed by atoms with E-state index in [4.69, 9.17) is 4.74 Å². The first-order valence-electron chi connectivity index (χ1n) is 12.2. The maximum atomic E-state index is 10.1. The molecule has 0 spiro atoms. The van der Waals surface area contributed by atoms with E-state index in [0.29, 0.717) is 17.8 Å². The Labute approximate surface area is 198 Å². The third kappa shape index (κ3) is 2.53. The van der Waals surface area contributed by atoms with Crippen LogP contribution in [0.3, 0.4) is 0 Å². The molecule has 164 valence electrons. The van der Waals surface area contributed by atoms with Gasteiger partial charge >= 0.3 is 0 Å². The van der Waals surface area contributed by atoms with Crippen LogP contribution in [0.1, 0.15) is 59.9 Å². The third-order valence-electron chi connectivity index (χ3n) is 9.19. The molecular weight excluding hydrogens is 422 g/mol. The molecule has 33 heavy (non-hydrogen) atoms. The number of ether oxygens (including phenoxy) is 1.